The molecule has 1 aliphatic carbocycles. The van der Waals surface area contributed by atoms with Crippen LogP contribution in [-0.2, 0) is 11.2 Å². The first-order valence-electron chi connectivity index (χ1n) is 6.62. The first kappa shape index (κ1) is 12.9. The number of aliphatic carboxylic acids is 1. The summed E-state index contributed by atoms with van der Waals surface area (Å²) in [7, 11) is 0. The van der Waals surface area contributed by atoms with Gasteiger partial charge in [0.1, 0.15) is 0 Å². The van der Waals surface area contributed by atoms with Crippen LogP contribution in [0.3, 0.4) is 0 Å². The third-order valence-electron chi connectivity index (χ3n) is 3.73. The summed E-state index contributed by atoms with van der Waals surface area (Å²) in [4.78, 5) is 24.7. The number of hydrogen-bond donors (Lipinski definition) is 2. The first-order chi connectivity index (χ1) is 8.66. The minimum Gasteiger partial charge on any atom is -0.475 e. The van der Waals surface area contributed by atoms with E-state index in [-0.39, 0.29) is 5.69 Å². The molecule has 2 rings (SSSR count). The van der Waals surface area contributed by atoms with Crippen molar-refractivity contribution in [3.8, 4) is 0 Å². The largest absolute Gasteiger partial charge is 0.475 e. The summed E-state index contributed by atoms with van der Waals surface area (Å²) < 4.78 is 0. The molecule has 0 saturated heterocycles. The van der Waals surface area contributed by atoms with E-state index in [9.17, 15) is 9.59 Å². The van der Waals surface area contributed by atoms with E-state index in [1.165, 1.54) is 32.1 Å². The van der Waals surface area contributed by atoms with Gasteiger partial charge < -0.3 is 10.1 Å². The third kappa shape index (κ3) is 3.22. The number of aromatic amines is 1. The number of rotatable bonds is 5. The van der Waals surface area contributed by atoms with Gasteiger partial charge in [0.2, 0.25) is 0 Å². The number of hydrogen-bond acceptors (Lipinski definition) is 2. The third-order valence-corrected chi connectivity index (χ3v) is 3.73. The van der Waals surface area contributed by atoms with Gasteiger partial charge in [-0.15, -0.1) is 0 Å². The van der Waals surface area contributed by atoms with E-state index < -0.39 is 11.8 Å². The number of carbonyl (C=O) groups is 2. The maximum Gasteiger partial charge on any atom is 0.378 e. The molecule has 0 amide bonds. The summed E-state index contributed by atoms with van der Waals surface area (Å²) in [5.41, 5.74) is 1.14. The number of aromatic nitrogens is 1. The highest BCUT2D eigenvalue weighted by molar-refractivity contribution is 6.39. The molecular formula is C14H19NO3. The van der Waals surface area contributed by atoms with Gasteiger partial charge in [0.05, 0.1) is 5.69 Å². The van der Waals surface area contributed by atoms with Crippen LogP contribution in [0.1, 0.15) is 54.7 Å². The summed E-state index contributed by atoms with van der Waals surface area (Å²) in [6.45, 7) is 0. The van der Waals surface area contributed by atoms with E-state index in [0.29, 0.717) is 0 Å². The lowest BCUT2D eigenvalue weighted by Gasteiger charge is -2.20. The molecule has 0 atom stereocenters. The van der Waals surface area contributed by atoms with Crippen molar-refractivity contribution < 1.29 is 14.7 Å². The van der Waals surface area contributed by atoms with E-state index in [1.807, 2.05) is 6.07 Å². The second kappa shape index (κ2) is 5.85. The quantitative estimate of drug-likeness (QED) is 0.622. The molecule has 1 aromatic heterocycles. The summed E-state index contributed by atoms with van der Waals surface area (Å²) in [6.07, 6.45) is 8.66. The Morgan fingerprint density at radius 1 is 1.22 bits per heavy atom. The number of H-pyrrole nitrogens is 1. The van der Waals surface area contributed by atoms with Gasteiger partial charge in [-0.05, 0) is 30.9 Å². The fourth-order valence-electron chi connectivity index (χ4n) is 2.67. The average molecular weight is 249 g/mol. The van der Waals surface area contributed by atoms with Gasteiger partial charge in [-0.2, -0.15) is 0 Å². The zero-order valence-electron chi connectivity index (χ0n) is 10.4. The molecule has 1 aliphatic rings. The topological polar surface area (TPSA) is 70.2 Å². The van der Waals surface area contributed by atoms with E-state index >= 15 is 0 Å². The van der Waals surface area contributed by atoms with Gasteiger partial charge in [0.25, 0.3) is 5.78 Å². The molecule has 1 fully saturated rings. The molecule has 1 aromatic rings. The van der Waals surface area contributed by atoms with Crippen molar-refractivity contribution in [2.45, 2.75) is 44.9 Å². The molecule has 18 heavy (non-hydrogen) atoms. The molecule has 0 radical (unpaired) electrons. The van der Waals surface area contributed by atoms with Crippen molar-refractivity contribution in [3.63, 3.8) is 0 Å². The van der Waals surface area contributed by atoms with Crippen LogP contribution >= 0.6 is 0 Å². The number of carbonyl (C=O) groups excluding carboxylic acids is 1. The summed E-state index contributed by atoms with van der Waals surface area (Å²) >= 11 is 0. The Morgan fingerprint density at radius 3 is 2.61 bits per heavy atom. The molecule has 0 aromatic carbocycles. The number of ketones is 1. The summed E-state index contributed by atoms with van der Waals surface area (Å²) in [5.74, 6) is -1.48. The van der Waals surface area contributed by atoms with Crippen molar-refractivity contribution in [1.29, 1.82) is 0 Å². The zero-order valence-corrected chi connectivity index (χ0v) is 10.4. The van der Waals surface area contributed by atoms with Crippen LogP contribution in [-0.4, -0.2) is 21.8 Å². The maximum absolute atomic E-state index is 11.2. The van der Waals surface area contributed by atoms with Gasteiger partial charge in [-0.3, -0.25) is 4.79 Å². The SMILES string of the molecule is O=C(O)C(=O)c1ccc(CCC2CCCCC2)[nH]1. The molecule has 0 unspecified atom stereocenters. The van der Waals surface area contributed by atoms with Crippen LogP contribution in [0.5, 0.6) is 0 Å². The Labute approximate surface area is 106 Å². The molecule has 0 bridgehead atoms. The highest BCUT2D eigenvalue weighted by Crippen LogP contribution is 2.27. The Balaban J connectivity index is 1.86. The number of carboxylic acids is 1. The minimum atomic E-state index is -1.41. The second-order valence-electron chi connectivity index (χ2n) is 5.07. The molecule has 4 heteroatoms. The van der Waals surface area contributed by atoms with E-state index in [2.05, 4.69) is 4.98 Å². The lowest BCUT2D eigenvalue weighted by molar-refractivity contribution is -0.131. The lowest BCUT2D eigenvalue weighted by Crippen LogP contribution is -2.13. The van der Waals surface area contributed by atoms with Crippen LogP contribution in [0, 0.1) is 5.92 Å². The first-order valence-corrected chi connectivity index (χ1v) is 6.62. The van der Waals surface area contributed by atoms with Crippen molar-refractivity contribution in [2.24, 2.45) is 5.92 Å². The maximum atomic E-state index is 11.2. The fraction of sp³-hybridized carbons (Fsp3) is 0.571. The lowest BCUT2D eigenvalue weighted by atomic mass is 9.86. The van der Waals surface area contributed by atoms with Crippen molar-refractivity contribution in [2.75, 3.05) is 0 Å². The molecule has 98 valence electrons. The molecule has 1 saturated carbocycles. The van der Waals surface area contributed by atoms with Crippen LogP contribution in [0.4, 0.5) is 0 Å². The summed E-state index contributed by atoms with van der Waals surface area (Å²) in [5, 5.41) is 8.61. The average Bonchev–Trinajstić information content (AvgIpc) is 2.85. The summed E-state index contributed by atoms with van der Waals surface area (Å²) in [6, 6.07) is 3.38. The van der Waals surface area contributed by atoms with Gasteiger partial charge >= 0.3 is 5.97 Å². The standard InChI is InChI=1S/C14H19NO3/c16-13(14(17)18)12-9-8-11(15-12)7-6-10-4-2-1-3-5-10/h8-10,15H,1-7H2,(H,17,18). The van der Waals surface area contributed by atoms with Crippen LogP contribution in [0.2, 0.25) is 0 Å². The molecule has 1 heterocycles. The fourth-order valence-corrected chi connectivity index (χ4v) is 2.67. The Morgan fingerprint density at radius 2 is 1.94 bits per heavy atom. The van der Waals surface area contributed by atoms with Crippen molar-refractivity contribution in [3.05, 3.63) is 23.5 Å². The highest BCUT2D eigenvalue weighted by Gasteiger charge is 2.17. The molecule has 0 spiro atoms. The van der Waals surface area contributed by atoms with Gasteiger partial charge in [0.15, 0.2) is 0 Å². The van der Waals surface area contributed by atoms with E-state index in [0.717, 1.165) is 24.5 Å². The monoisotopic (exact) mass is 249 g/mol. The van der Waals surface area contributed by atoms with Crippen molar-refractivity contribution in [1.82, 2.24) is 4.98 Å². The Hall–Kier alpha value is -1.58. The van der Waals surface area contributed by atoms with Crippen LogP contribution < -0.4 is 0 Å². The number of nitrogens with one attached hydrogen (secondary N) is 1. The van der Waals surface area contributed by atoms with Crippen LogP contribution in [0.25, 0.3) is 0 Å². The smallest absolute Gasteiger partial charge is 0.378 e. The Kier molecular flexibility index (Phi) is 4.18. The molecular weight excluding hydrogens is 230 g/mol. The predicted octanol–water partition coefficient (Wildman–Crippen LogP) is 2.79. The van der Waals surface area contributed by atoms with Gasteiger partial charge in [0, 0.05) is 5.69 Å². The van der Waals surface area contributed by atoms with E-state index in [1.54, 1.807) is 6.07 Å². The van der Waals surface area contributed by atoms with E-state index in [4.69, 9.17) is 5.11 Å². The number of carboxylic acid groups (broad SMARTS) is 1. The number of aryl methyl sites for hydroxylation is 1. The van der Waals surface area contributed by atoms with Crippen LogP contribution in [0.15, 0.2) is 12.1 Å². The number of Topliss-reactive ketones (excluding diaryl/α,β-unsaturated/α-hetero) is 1. The second-order valence-corrected chi connectivity index (χ2v) is 5.07. The normalized spacial score (nSPS) is 16.7. The molecule has 2 N–H and O–H groups in total. The van der Waals surface area contributed by atoms with Gasteiger partial charge in [-0.1, -0.05) is 32.1 Å². The minimum absolute atomic E-state index is 0.182. The van der Waals surface area contributed by atoms with Crippen molar-refractivity contribution >= 4 is 11.8 Å². The predicted molar refractivity (Wildman–Crippen MR) is 67.7 cm³/mol. The highest BCUT2D eigenvalue weighted by atomic mass is 16.4. The molecule has 4 nitrogen and oxygen atoms in total. The van der Waals surface area contributed by atoms with Gasteiger partial charge in [-0.25, -0.2) is 4.79 Å². The zero-order chi connectivity index (χ0) is 13.0. The Bertz CT molecular complexity index is 430. The molecule has 0 aliphatic heterocycles.